The Morgan fingerprint density at radius 1 is 1.12 bits per heavy atom. The minimum atomic E-state index is -0.0719. The van der Waals surface area contributed by atoms with Crippen molar-refractivity contribution in [2.75, 3.05) is 13.7 Å². The van der Waals surface area contributed by atoms with Crippen LogP contribution in [0.5, 0.6) is 0 Å². The molecule has 98 valence electrons. The van der Waals surface area contributed by atoms with Crippen molar-refractivity contribution in [3.05, 3.63) is 0 Å². The molecule has 0 radical (unpaired) electrons. The van der Waals surface area contributed by atoms with Crippen LogP contribution in [-0.2, 0) is 19.0 Å². The first-order valence-electron chi connectivity index (χ1n) is 6.64. The Morgan fingerprint density at radius 2 is 1.88 bits per heavy atom. The molecular formula is C13H22O4. The summed E-state index contributed by atoms with van der Waals surface area (Å²) in [5.41, 5.74) is 0. The van der Waals surface area contributed by atoms with E-state index in [2.05, 4.69) is 0 Å². The standard InChI is InChI=1S/C13H22O4/c1-15-13(14)10-5-7-11(8-6-10)17-12-4-2-3-9-16-12/h10-12H,2-9H2,1H3/t10-,11-,12?. The van der Waals surface area contributed by atoms with Crippen LogP contribution in [0, 0.1) is 5.92 Å². The van der Waals surface area contributed by atoms with Crippen LogP contribution >= 0.6 is 0 Å². The number of carbonyl (C=O) groups is 1. The summed E-state index contributed by atoms with van der Waals surface area (Å²) in [6, 6.07) is 0. The normalized spacial score (nSPS) is 34.3. The topological polar surface area (TPSA) is 44.8 Å². The third kappa shape index (κ3) is 3.68. The largest absolute Gasteiger partial charge is 0.469 e. The van der Waals surface area contributed by atoms with Gasteiger partial charge < -0.3 is 14.2 Å². The van der Waals surface area contributed by atoms with Crippen LogP contribution < -0.4 is 0 Å². The van der Waals surface area contributed by atoms with E-state index >= 15 is 0 Å². The SMILES string of the molecule is COC(=O)[C@H]1CC[C@H](OC2CCCCO2)CC1. The maximum atomic E-state index is 11.4. The van der Waals surface area contributed by atoms with Gasteiger partial charge in [-0.05, 0) is 44.9 Å². The lowest BCUT2D eigenvalue weighted by molar-refractivity contribution is -0.195. The molecule has 1 saturated carbocycles. The molecule has 1 aliphatic carbocycles. The van der Waals surface area contributed by atoms with E-state index in [9.17, 15) is 4.79 Å². The van der Waals surface area contributed by atoms with Crippen LogP contribution in [0.25, 0.3) is 0 Å². The van der Waals surface area contributed by atoms with Crippen LogP contribution in [0.1, 0.15) is 44.9 Å². The minimum absolute atomic E-state index is 0.0107. The molecule has 0 bridgehead atoms. The molecule has 4 nitrogen and oxygen atoms in total. The van der Waals surface area contributed by atoms with Crippen LogP contribution in [0.3, 0.4) is 0 Å². The van der Waals surface area contributed by atoms with Gasteiger partial charge in [0.15, 0.2) is 6.29 Å². The molecule has 1 aliphatic heterocycles. The molecule has 4 heteroatoms. The van der Waals surface area contributed by atoms with Gasteiger partial charge in [0, 0.05) is 6.61 Å². The van der Waals surface area contributed by atoms with Crippen LogP contribution in [0.15, 0.2) is 0 Å². The van der Waals surface area contributed by atoms with Crippen LogP contribution in [0.2, 0.25) is 0 Å². The maximum absolute atomic E-state index is 11.4. The van der Waals surface area contributed by atoms with Crippen molar-refractivity contribution in [2.24, 2.45) is 5.92 Å². The zero-order valence-electron chi connectivity index (χ0n) is 10.5. The number of hydrogen-bond donors (Lipinski definition) is 0. The van der Waals surface area contributed by atoms with Gasteiger partial charge in [-0.3, -0.25) is 4.79 Å². The lowest BCUT2D eigenvalue weighted by atomic mass is 9.87. The van der Waals surface area contributed by atoms with E-state index in [0.717, 1.165) is 45.1 Å². The van der Waals surface area contributed by atoms with E-state index < -0.39 is 0 Å². The van der Waals surface area contributed by atoms with Gasteiger partial charge in [0.25, 0.3) is 0 Å². The Balaban J connectivity index is 1.69. The number of carbonyl (C=O) groups excluding carboxylic acids is 1. The van der Waals surface area contributed by atoms with Gasteiger partial charge in [0.05, 0.1) is 19.1 Å². The maximum Gasteiger partial charge on any atom is 0.308 e. The van der Waals surface area contributed by atoms with Gasteiger partial charge in [0.1, 0.15) is 0 Å². The van der Waals surface area contributed by atoms with Gasteiger partial charge in [-0.25, -0.2) is 0 Å². The first kappa shape index (κ1) is 12.8. The van der Waals surface area contributed by atoms with Gasteiger partial charge >= 0.3 is 5.97 Å². The summed E-state index contributed by atoms with van der Waals surface area (Å²) < 4.78 is 16.3. The minimum Gasteiger partial charge on any atom is -0.469 e. The highest BCUT2D eigenvalue weighted by atomic mass is 16.7. The summed E-state index contributed by atoms with van der Waals surface area (Å²) >= 11 is 0. The lowest BCUT2D eigenvalue weighted by Crippen LogP contribution is -2.32. The fourth-order valence-corrected chi connectivity index (χ4v) is 2.63. The molecule has 0 spiro atoms. The molecule has 1 heterocycles. The zero-order chi connectivity index (χ0) is 12.1. The van der Waals surface area contributed by atoms with E-state index in [1.54, 1.807) is 0 Å². The highest BCUT2D eigenvalue weighted by Crippen LogP contribution is 2.29. The molecule has 0 aromatic heterocycles. The predicted molar refractivity (Wildman–Crippen MR) is 62.4 cm³/mol. The second-order valence-electron chi connectivity index (χ2n) is 4.93. The molecule has 0 aromatic rings. The van der Waals surface area contributed by atoms with Gasteiger partial charge in [-0.2, -0.15) is 0 Å². The van der Waals surface area contributed by atoms with Crippen molar-refractivity contribution < 1.29 is 19.0 Å². The summed E-state index contributed by atoms with van der Waals surface area (Å²) in [6.45, 7) is 0.822. The van der Waals surface area contributed by atoms with Gasteiger partial charge in [-0.1, -0.05) is 0 Å². The van der Waals surface area contributed by atoms with Crippen LogP contribution in [-0.4, -0.2) is 32.1 Å². The van der Waals surface area contributed by atoms with Crippen molar-refractivity contribution in [1.29, 1.82) is 0 Å². The summed E-state index contributed by atoms with van der Waals surface area (Å²) in [5.74, 6) is 0.00416. The summed E-state index contributed by atoms with van der Waals surface area (Å²) in [6.07, 6.45) is 7.25. The predicted octanol–water partition coefficient (Wildman–Crippen LogP) is 2.26. The second-order valence-corrected chi connectivity index (χ2v) is 4.93. The molecule has 2 rings (SSSR count). The highest BCUT2D eigenvalue weighted by Gasteiger charge is 2.29. The fraction of sp³-hybridized carbons (Fsp3) is 0.923. The van der Waals surface area contributed by atoms with Crippen molar-refractivity contribution >= 4 is 5.97 Å². The van der Waals surface area contributed by atoms with Crippen molar-refractivity contribution in [3.63, 3.8) is 0 Å². The average molecular weight is 242 g/mol. The monoisotopic (exact) mass is 242 g/mol. The number of esters is 1. The molecule has 2 aliphatic rings. The molecule has 0 N–H and O–H groups in total. The second kappa shape index (κ2) is 6.36. The Labute approximate surface area is 103 Å². The highest BCUT2D eigenvalue weighted by molar-refractivity contribution is 5.72. The number of hydrogen-bond acceptors (Lipinski definition) is 4. The lowest BCUT2D eigenvalue weighted by Gasteiger charge is -2.31. The first-order chi connectivity index (χ1) is 8.29. The third-order valence-electron chi connectivity index (χ3n) is 3.69. The Morgan fingerprint density at radius 3 is 2.47 bits per heavy atom. The molecule has 0 amide bonds. The summed E-state index contributed by atoms with van der Waals surface area (Å²) in [4.78, 5) is 11.4. The molecule has 0 aromatic carbocycles. The van der Waals surface area contributed by atoms with E-state index in [1.807, 2.05) is 0 Å². The molecule has 2 fully saturated rings. The zero-order valence-corrected chi connectivity index (χ0v) is 10.5. The van der Waals surface area contributed by atoms with Gasteiger partial charge in [-0.15, -0.1) is 0 Å². The van der Waals surface area contributed by atoms with Crippen molar-refractivity contribution in [2.45, 2.75) is 57.3 Å². The van der Waals surface area contributed by atoms with E-state index in [4.69, 9.17) is 14.2 Å². The summed E-state index contributed by atoms with van der Waals surface area (Å²) in [5, 5.41) is 0. The van der Waals surface area contributed by atoms with E-state index in [-0.39, 0.29) is 24.3 Å². The number of methoxy groups -OCH3 is 1. The van der Waals surface area contributed by atoms with Crippen molar-refractivity contribution in [3.8, 4) is 0 Å². The molecule has 17 heavy (non-hydrogen) atoms. The average Bonchev–Trinajstić information content (AvgIpc) is 2.40. The van der Waals surface area contributed by atoms with Crippen LogP contribution in [0.4, 0.5) is 0 Å². The molecule has 1 unspecified atom stereocenters. The molecular weight excluding hydrogens is 220 g/mol. The molecule has 1 saturated heterocycles. The number of ether oxygens (including phenoxy) is 3. The Hall–Kier alpha value is -0.610. The summed E-state index contributed by atoms with van der Waals surface area (Å²) in [7, 11) is 1.46. The Bertz CT molecular complexity index is 240. The van der Waals surface area contributed by atoms with Gasteiger partial charge in [0.2, 0.25) is 0 Å². The third-order valence-corrected chi connectivity index (χ3v) is 3.69. The quantitative estimate of drug-likeness (QED) is 0.712. The number of rotatable bonds is 3. The van der Waals surface area contributed by atoms with E-state index in [1.165, 1.54) is 13.5 Å². The van der Waals surface area contributed by atoms with Crippen molar-refractivity contribution in [1.82, 2.24) is 0 Å². The fourth-order valence-electron chi connectivity index (χ4n) is 2.63. The molecule has 1 atom stereocenters. The first-order valence-corrected chi connectivity index (χ1v) is 6.64. The Kier molecular flexibility index (Phi) is 4.80. The smallest absolute Gasteiger partial charge is 0.308 e. The van der Waals surface area contributed by atoms with E-state index in [0.29, 0.717) is 0 Å².